The summed E-state index contributed by atoms with van der Waals surface area (Å²) >= 11 is 0. The van der Waals surface area contributed by atoms with Crippen LogP contribution in [0, 0.1) is 0 Å². The predicted octanol–water partition coefficient (Wildman–Crippen LogP) is 8.92. The number of rotatable bonds is 10. The maximum atomic E-state index is 10.4. The lowest BCUT2D eigenvalue weighted by atomic mass is 10.00. The molecular weight excluding hydrogens is 504 g/mol. The molecule has 0 atom stereocenters. The second kappa shape index (κ2) is 12.7. The van der Waals surface area contributed by atoms with Crippen molar-refractivity contribution in [1.82, 2.24) is 0 Å². The zero-order valence-corrected chi connectivity index (χ0v) is 21.1. The van der Waals surface area contributed by atoms with Gasteiger partial charge in [-0.15, -0.1) is 0 Å². The molecule has 5 aromatic rings. The summed E-state index contributed by atoms with van der Waals surface area (Å²) in [4.78, 5) is 20.8. The van der Waals surface area contributed by atoms with Gasteiger partial charge in [0.15, 0.2) is 0 Å². The summed E-state index contributed by atoms with van der Waals surface area (Å²) in [5.74, 6) is 0.909. The zero-order chi connectivity index (χ0) is 27.6. The van der Waals surface area contributed by atoms with Crippen molar-refractivity contribution < 1.29 is 19.1 Å². The molecule has 0 amide bonds. The number of carbonyl (C=O) groups is 2. The van der Waals surface area contributed by atoms with Crippen molar-refractivity contribution in [3.63, 3.8) is 0 Å². The third kappa shape index (κ3) is 6.76. The smallest absolute Gasteiger partial charge is 0.298 e. The van der Waals surface area contributed by atoms with E-state index in [0.29, 0.717) is 35.8 Å². The number of carbonyl (C=O) groups excluding carboxylic acids is 2. The molecule has 0 saturated carbocycles. The van der Waals surface area contributed by atoms with Crippen LogP contribution in [0.1, 0.15) is 0 Å². The maximum absolute atomic E-state index is 10.4. The van der Waals surface area contributed by atoms with E-state index in [1.165, 1.54) is 0 Å². The van der Waals surface area contributed by atoms with Gasteiger partial charge in [-0.3, -0.25) is 9.59 Å². The van der Waals surface area contributed by atoms with Crippen LogP contribution in [0.25, 0.3) is 22.3 Å². The van der Waals surface area contributed by atoms with Crippen LogP contribution in [0.5, 0.6) is 11.5 Å². The van der Waals surface area contributed by atoms with E-state index >= 15 is 0 Å². The van der Waals surface area contributed by atoms with Crippen molar-refractivity contribution in [2.24, 2.45) is 20.5 Å². The van der Waals surface area contributed by atoms with E-state index in [0.717, 1.165) is 33.6 Å². The highest BCUT2D eigenvalue weighted by Crippen LogP contribution is 2.29. The van der Waals surface area contributed by atoms with Crippen molar-refractivity contribution in [1.29, 1.82) is 0 Å². The quantitative estimate of drug-likeness (QED) is 0.134. The summed E-state index contributed by atoms with van der Waals surface area (Å²) < 4.78 is 9.55. The molecule has 0 aliphatic heterocycles. The molecule has 0 heterocycles. The Morgan fingerprint density at radius 1 is 0.350 bits per heavy atom. The molecule has 194 valence electrons. The molecule has 0 fully saturated rings. The van der Waals surface area contributed by atoms with Gasteiger partial charge in [0.1, 0.15) is 11.5 Å². The molecule has 5 rings (SSSR count). The van der Waals surface area contributed by atoms with Gasteiger partial charge in [0, 0.05) is 0 Å². The van der Waals surface area contributed by atoms with Crippen LogP contribution in [-0.2, 0) is 9.59 Å². The Kier molecular flexibility index (Phi) is 8.19. The Morgan fingerprint density at radius 2 is 0.575 bits per heavy atom. The van der Waals surface area contributed by atoms with Gasteiger partial charge in [0.25, 0.3) is 12.9 Å². The lowest BCUT2D eigenvalue weighted by molar-refractivity contribution is -0.121. The van der Waals surface area contributed by atoms with Crippen molar-refractivity contribution in [3.05, 3.63) is 121 Å². The van der Waals surface area contributed by atoms with Crippen molar-refractivity contribution in [2.45, 2.75) is 0 Å². The van der Waals surface area contributed by atoms with Crippen LogP contribution in [0.2, 0.25) is 0 Å². The topological polar surface area (TPSA) is 102 Å². The fourth-order valence-corrected chi connectivity index (χ4v) is 3.82. The molecule has 0 aliphatic carbocycles. The number of nitrogens with zero attached hydrogens (tertiary/aromatic N) is 4. The highest BCUT2D eigenvalue weighted by atomic mass is 16.5. The number of azo groups is 2. The normalized spacial score (nSPS) is 11.0. The van der Waals surface area contributed by atoms with Crippen LogP contribution < -0.4 is 9.47 Å². The van der Waals surface area contributed by atoms with Crippen molar-refractivity contribution in [3.8, 4) is 33.8 Å². The summed E-state index contributed by atoms with van der Waals surface area (Å²) in [6.45, 7) is 0.771. The third-order valence-electron chi connectivity index (χ3n) is 5.89. The van der Waals surface area contributed by atoms with E-state index in [9.17, 15) is 9.59 Å². The first kappa shape index (κ1) is 25.9. The molecule has 0 saturated heterocycles. The van der Waals surface area contributed by atoms with Crippen LogP contribution in [0.3, 0.4) is 0 Å². The van der Waals surface area contributed by atoms with Gasteiger partial charge in [0.05, 0.1) is 22.7 Å². The molecule has 0 radical (unpaired) electrons. The van der Waals surface area contributed by atoms with Gasteiger partial charge >= 0.3 is 0 Å². The second-order valence-electron chi connectivity index (χ2n) is 8.49. The van der Waals surface area contributed by atoms with Gasteiger partial charge in [0.2, 0.25) is 0 Å². The molecule has 0 N–H and O–H groups in total. The number of hydrogen-bond acceptors (Lipinski definition) is 8. The highest BCUT2D eigenvalue weighted by molar-refractivity contribution is 5.72. The number of ether oxygens (including phenoxy) is 2. The lowest BCUT2D eigenvalue weighted by Gasteiger charge is -2.06. The largest absolute Gasteiger partial charge is 0.429 e. The zero-order valence-electron chi connectivity index (χ0n) is 21.1. The van der Waals surface area contributed by atoms with Crippen LogP contribution in [0.4, 0.5) is 22.7 Å². The molecule has 5 aromatic carbocycles. The molecule has 8 heteroatoms. The molecule has 0 bridgehead atoms. The SMILES string of the molecule is O=COc1ccc(N=Nc2ccc(-c3ccc(-c4ccc(N=Nc5ccc(OC=O)cc5)cc4)cc3)cc2)cc1. The Morgan fingerprint density at radius 3 is 0.825 bits per heavy atom. The minimum atomic E-state index is 0.386. The summed E-state index contributed by atoms with van der Waals surface area (Å²) in [6, 6.07) is 37.6. The van der Waals surface area contributed by atoms with E-state index < -0.39 is 0 Å². The first-order valence-electron chi connectivity index (χ1n) is 12.3. The summed E-state index contributed by atoms with van der Waals surface area (Å²) in [5, 5.41) is 17.0. The summed E-state index contributed by atoms with van der Waals surface area (Å²) in [7, 11) is 0. The minimum Gasteiger partial charge on any atom is -0.429 e. The van der Waals surface area contributed by atoms with E-state index in [2.05, 4.69) is 44.7 Å². The van der Waals surface area contributed by atoms with Gasteiger partial charge in [-0.1, -0.05) is 48.5 Å². The van der Waals surface area contributed by atoms with Crippen LogP contribution >= 0.6 is 0 Å². The summed E-state index contributed by atoms with van der Waals surface area (Å²) in [6.07, 6.45) is 0. The molecule has 0 aromatic heterocycles. The highest BCUT2D eigenvalue weighted by Gasteiger charge is 2.02. The van der Waals surface area contributed by atoms with E-state index in [-0.39, 0.29) is 0 Å². The molecule has 8 nitrogen and oxygen atoms in total. The molecule has 40 heavy (non-hydrogen) atoms. The third-order valence-corrected chi connectivity index (χ3v) is 5.89. The standard InChI is InChI=1S/C32H22N4O4/c37-21-39-31-17-13-29(14-18-31)35-33-27-9-5-25(6-10-27)23-1-2-24(4-3-23)26-7-11-28(12-8-26)34-36-30-15-19-32(20-16-30)40-22-38/h1-22H. The first-order valence-corrected chi connectivity index (χ1v) is 12.3. The van der Waals surface area contributed by atoms with Crippen LogP contribution in [0.15, 0.2) is 142 Å². The average Bonchev–Trinajstić information content (AvgIpc) is 3.01. The monoisotopic (exact) mass is 526 g/mol. The Hall–Kier alpha value is -5.76. The number of benzene rings is 5. The van der Waals surface area contributed by atoms with E-state index in [1.807, 2.05) is 48.5 Å². The van der Waals surface area contributed by atoms with Gasteiger partial charge in [-0.05, 0) is 95.1 Å². The second-order valence-corrected chi connectivity index (χ2v) is 8.49. The Balaban J connectivity index is 1.20. The minimum absolute atomic E-state index is 0.386. The van der Waals surface area contributed by atoms with Gasteiger partial charge in [-0.25, -0.2) is 0 Å². The lowest BCUT2D eigenvalue weighted by Crippen LogP contribution is -1.86. The maximum Gasteiger partial charge on any atom is 0.298 e. The first-order chi connectivity index (χ1) is 19.7. The molecule has 0 unspecified atom stereocenters. The fraction of sp³-hybridized carbons (Fsp3) is 0. The summed E-state index contributed by atoms with van der Waals surface area (Å²) in [5.41, 5.74) is 7.10. The predicted molar refractivity (Wildman–Crippen MR) is 152 cm³/mol. The van der Waals surface area contributed by atoms with Gasteiger partial charge < -0.3 is 9.47 Å². The average molecular weight is 527 g/mol. The van der Waals surface area contributed by atoms with E-state index in [1.54, 1.807) is 48.5 Å². The van der Waals surface area contributed by atoms with Gasteiger partial charge in [-0.2, -0.15) is 20.5 Å². The fourth-order valence-electron chi connectivity index (χ4n) is 3.82. The van der Waals surface area contributed by atoms with Crippen molar-refractivity contribution in [2.75, 3.05) is 0 Å². The molecule has 0 spiro atoms. The molecule has 0 aliphatic rings. The number of hydrogen-bond donors (Lipinski definition) is 0. The Bertz CT molecular complexity index is 1500. The Labute approximate surface area is 230 Å². The van der Waals surface area contributed by atoms with Crippen molar-refractivity contribution >= 4 is 35.7 Å². The molecular formula is C32H22N4O4. The van der Waals surface area contributed by atoms with E-state index in [4.69, 9.17) is 9.47 Å². The van der Waals surface area contributed by atoms with Crippen LogP contribution in [-0.4, -0.2) is 12.9 Å².